The average Bonchev–Trinajstić information content (AvgIpc) is 3.35. The first-order valence-electron chi connectivity index (χ1n) is 10.00. The Morgan fingerprint density at radius 1 is 0.900 bits per heavy atom. The molecule has 0 spiro atoms. The fourth-order valence-electron chi connectivity index (χ4n) is 4.27. The first-order chi connectivity index (χ1) is 14.4. The minimum Gasteiger partial charge on any atom is -0.451 e. The molecule has 4 heterocycles. The number of aromatic nitrogens is 2. The van der Waals surface area contributed by atoms with E-state index in [9.17, 15) is 0 Å². The van der Waals surface area contributed by atoms with Gasteiger partial charge in [0.15, 0.2) is 4.90 Å². The Hall–Kier alpha value is -2.76. The molecule has 0 radical (unpaired) electrons. The molecule has 4 aromatic heterocycles. The second kappa shape index (κ2) is 6.13. The standard InChI is InChI=1S/C25H20N2OS2/c1-13-9-16-20-17(25(2,3)4)10-14(11-19(20)30-24(16)28-13)21-23-22(27-12-26-21)15-7-5-6-8-18(15)29-23/h5-12H,1-4H3. The molecule has 0 aliphatic heterocycles. The van der Waals surface area contributed by atoms with E-state index in [2.05, 4.69) is 68.2 Å². The van der Waals surface area contributed by atoms with E-state index < -0.39 is 0 Å². The van der Waals surface area contributed by atoms with Crippen molar-refractivity contribution in [3.63, 3.8) is 0 Å². The van der Waals surface area contributed by atoms with Crippen molar-refractivity contribution in [1.82, 2.24) is 9.97 Å². The lowest BCUT2D eigenvalue weighted by Crippen LogP contribution is -2.11. The van der Waals surface area contributed by atoms with Gasteiger partial charge in [-0.3, -0.25) is 0 Å². The lowest BCUT2D eigenvalue weighted by molar-refractivity contribution is 0.585. The number of fused-ring (bicyclic) bond motifs is 6. The number of hydrogen-bond acceptors (Lipinski definition) is 5. The molecule has 0 fully saturated rings. The van der Waals surface area contributed by atoms with Crippen LogP contribution in [-0.2, 0) is 5.41 Å². The molecule has 6 aromatic rings. The predicted octanol–water partition coefficient (Wildman–Crippen LogP) is 8.08. The molecule has 3 nitrogen and oxygen atoms in total. The molecule has 5 heteroatoms. The van der Waals surface area contributed by atoms with E-state index in [0.717, 1.165) is 32.1 Å². The van der Waals surface area contributed by atoms with Crippen LogP contribution in [0.5, 0.6) is 0 Å². The van der Waals surface area contributed by atoms with E-state index in [-0.39, 0.29) is 5.41 Å². The maximum atomic E-state index is 5.97. The van der Waals surface area contributed by atoms with Gasteiger partial charge < -0.3 is 4.42 Å². The third-order valence-electron chi connectivity index (χ3n) is 5.63. The zero-order valence-corrected chi connectivity index (χ0v) is 18.9. The molecule has 0 aliphatic carbocycles. The number of hydrogen-bond donors (Lipinski definition) is 0. The number of thiophene rings is 2. The van der Waals surface area contributed by atoms with Gasteiger partial charge in [-0.1, -0.05) is 50.3 Å². The topological polar surface area (TPSA) is 38.9 Å². The zero-order valence-electron chi connectivity index (χ0n) is 17.2. The number of furan rings is 1. The van der Waals surface area contributed by atoms with Crippen LogP contribution < -0.4 is 0 Å². The van der Waals surface area contributed by atoms with Crippen molar-refractivity contribution in [3.05, 3.63) is 60.1 Å². The van der Waals surface area contributed by atoms with Gasteiger partial charge in [0.1, 0.15) is 12.1 Å². The highest BCUT2D eigenvalue weighted by Gasteiger charge is 2.24. The average molecular weight is 429 g/mol. The predicted molar refractivity (Wildman–Crippen MR) is 129 cm³/mol. The third kappa shape index (κ3) is 2.55. The zero-order chi connectivity index (χ0) is 20.6. The Balaban J connectivity index is 1.71. The second-order valence-electron chi connectivity index (χ2n) is 8.81. The van der Waals surface area contributed by atoms with Crippen molar-refractivity contribution in [1.29, 1.82) is 0 Å². The van der Waals surface area contributed by atoms with Crippen LogP contribution in [0.25, 0.3) is 51.9 Å². The van der Waals surface area contributed by atoms with Crippen molar-refractivity contribution in [2.45, 2.75) is 33.1 Å². The summed E-state index contributed by atoms with van der Waals surface area (Å²) < 4.78 is 9.61. The molecule has 0 N–H and O–H groups in total. The normalized spacial score (nSPS) is 12.7. The van der Waals surface area contributed by atoms with Crippen molar-refractivity contribution in [2.75, 3.05) is 0 Å². The van der Waals surface area contributed by atoms with Gasteiger partial charge in [0.25, 0.3) is 0 Å². The summed E-state index contributed by atoms with van der Waals surface area (Å²) >= 11 is 3.50. The van der Waals surface area contributed by atoms with Gasteiger partial charge in [0.2, 0.25) is 0 Å². The molecule has 0 unspecified atom stereocenters. The summed E-state index contributed by atoms with van der Waals surface area (Å²) in [5, 5.41) is 3.73. The summed E-state index contributed by atoms with van der Waals surface area (Å²) in [5.41, 5.74) is 4.52. The second-order valence-corrected chi connectivity index (χ2v) is 10.9. The number of nitrogens with zero attached hydrogens (tertiary/aromatic N) is 2. The lowest BCUT2D eigenvalue weighted by atomic mass is 9.83. The first kappa shape index (κ1) is 18.0. The molecule has 30 heavy (non-hydrogen) atoms. The van der Waals surface area contributed by atoms with Crippen molar-refractivity contribution in [2.24, 2.45) is 0 Å². The van der Waals surface area contributed by atoms with Gasteiger partial charge in [-0.25, -0.2) is 9.97 Å². The molecule has 0 aliphatic rings. The summed E-state index contributed by atoms with van der Waals surface area (Å²) in [6, 6.07) is 15.2. The van der Waals surface area contributed by atoms with E-state index >= 15 is 0 Å². The van der Waals surface area contributed by atoms with E-state index in [1.807, 2.05) is 6.92 Å². The molecule has 0 atom stereocenters. The maximum Gasteiger partial charge on any atom is 0.188 e. The van der Waals surface area contributed by atoms with Crippen LogP contribution in [0.2, 0.25) is 0 Å². The molecule has 2 aromatic carbocycles. The Labute approximate surface area is 182 Å². The SMILES string of the molecule is Cc1cc2c(o1)sc1cc(-c3ncnc4c3sc3ccccc34)cc(C(C)(C)C)c12. The quantitative estimate of drug-likeness (QED) is 0.266. The minimum absolute atomic E-state index is 0.000251. The molecule has 0 amide bonds. The third-order valence-corrected chi connectivity index (χ3v) is 7.83. The summed E-state index contributed by atoms with van der Waals surface area (Å²) in [6.07, 6.45) is 1.70. The molecule has 6 rings (SSSR count). The van der Waals surface area contributed by atoms with Crippen LogP contribution in [0.15, 0.2) is 53.2 Å². The fraction of sp³-hybridized carbons (Fsp3) is 0.200. The van der Waals surface area contributed by atoms with Gasteiger partial charge in [0.05, 0.1) is 15.9 Å². The van der Waals surface area contributed by atoms with Gasteiger partial charge in [-0.15, -0.1) is 11.3 Å². The number of aryl methyl sites for hydroxylation is 1. The number of rotatable bonds is 1. The smallest absolute Gasteiger partial charge is 0.188 e. The molecule has 0 saturated carbocycles. The van der Waals surface area contributed by atoms with Crippen LogP contribution in [0, 0.1) is 6.92 Å². The van der Waals surface area contributed by atoms with Crippen molar-refractivity contribution in [3.8, 4) is 11.3 Å². The highest BCUT2D eigenvalue weighted by atomic mass is 32.1. The molecule has 148 valence electrons. The van der Waals surface area contributed by atoms with Crippen LogP contribution >= 0.6 is 22.7 Å². The van der Waals surface area contributed by atoms with E-state index in [0.29, 0.717) is 0 Å². The van der Waals surface area contributed by atoms with Gasteiger partial charge >= 0.3 is 0 Å². The van der Waals surface area contributed by atoms with Crippen LogP contribution in [0.3, 0.4) is 0 Å². The van der Waals surface area contributed by atoms with E-state index in [1.54, 1.807) is 29.0 Å². The fourth-order valence-corrected chi connectivity index (χ4v) is 6.59. The van der Waals surface area contributed by atoms with Crippen LogP contribution in [0.1, 0.15) is 32.1 Å². The maximum absolute atomic E-state index is 5.97. The molecule has 0 saturated heterocycles. The first-order valence-corrected chi connectivity index (χ1v) is 11.6. The summed E-state index contributed by atoms with van der Waals surface area (Å²) in [7, 11) is 0. The van der Waals surface area contributed by atoms with Crippen molar-refractivity contribution < 1.29 is 4.42 Å². The van der Waals surface area contributed by atoms with E-state index in [4.69, 9.17) is 9.40 Å². The monoisotopic (exact) mass is 428 g/mol. The highest BCUT2D eigenvalue weighted by Crippen LogP contribution is 2.45. The summed E-state index contributed by atoms with van der Waals surface area (Å²) in [5.74, 6) is 0.963. The Kier molecular flexibility index (Phi) is 3.68. The van der Waals surface area contributed by atoms with Crippen molar-refractivity contribution >= 4 is 63.3 Å². The van der Waals surface area contributed by atoms with Gasteiger partial charge in [-0.05, 0) is 42.2 Å². The summed E-state index contributed by atoms with van der Waals surface area (Å²) in [4.78, 5) is 10.4. The largest absolute Gasteiger partial charge is 0.451 e. The van der Waals surface area contributed by atoms with E-state index in [1.165, 1.54) is 31.1 Å². The minimum atomic E-state index is -0.000251. The number of benzene rings is 2. The highest BCUT2D eigenvalue weighted by molar-refractivity contribution is 7.26. The Bertz CT molecular complexity index is 1590. The Morgan fingerprint density at radius 2 is 1.73 bits per heavy atom. The molecular formula is C25H20N2OS2. The van der Waals surface area contributed by atoms with Crippen LogP contribution in [0.4, 0.5) is 0 Å². The van der Waals surface area contributed by atoms with Crippen LogP contribution in [-0.4, -0.2) is 9.97 Å². The Morgan fingerprint density at radius 3 is 2.57 bits per heavy atom. The van der Waals surface area contributed by atoms with Gasteiger partial charge in [0, 0.05) is 31.1 Å². The molecular weight excluding hydrogens is 408 g/mol. The summed E-state index contributed by atoms with van der Waals surface area (Å²) in [6.45, 7) is 8.84. The lowest BCUT2D eigenvalue weighted by Gasteiger charge is -2.21. The molecule has 0 bridgehead atoms. The van der Waals surface area contributed by atoms with Gasteiger partial charge in [-0.2, -0.15) is 0 Å².